The van der Waals surface area contributed by atoms with Gasteiger partial charge in [0.05, 0.1) is 12.2 Å². The van der Waals surface area contributed by atoms with Gasteiger partial charge in [-0.3, -0.25) is 9.59 Å². The molecule has 0 aliphatic heterocycles. The molecule has 1 unspecified atom stereocenters. The first-order valence-corrected chi connectivity index (χ1v) is 12.9. The highest BCUT2D eigenvalue weighted by molar-refractivity contribution is 5.81. The number of carbonyl (C=O) groups is 2. The van der Waals surface area contributed by atoms with E-state index in [9.17, 15) is 19.8 Å². The van der Waals surface area contributed by atoms with Crippen LogP contribution in [0.25, 0.3) is 0 Å². The summed E-state index contributed by atoms with van der Waals surface area (Å²) < 4.78 is 0. The number of aliphatic hydroxyl groups is 2. The van der Waals surface area contributed by atoms with E-state index in [2.05, 4.69) is 26.1 Å². The molecule has 4 aliphatic carbocycles. The first-order chi connectivity index (χ1) is 15.1. The molecule has 6 heteroatoms. The summed E-state index contributed by atoms with van der Waals surface area (Å²) in [6.45, 7) is 6.65. The van der Waals surface area contributed by atoms with Crippen LogP contribution in [0.4, 0.5) is 0 Å². The Morgan fingerprint density at radius 1 is 1.03 bits per heavy atom. The van der Waals surface area contributed by atoms with E-state index in [1.165, 1.54) is 12.8 Å². The summed E-state index contributed by atoms with van der Waals surface area (Å²) in [5, 5.41) is 33.0. The second kappa shape index (κ2) is 8.90. The summed E-state index contributed by atoms with van der Waals surface area (Å²) in [7, 11) is 0. The molecule has 182 valence electrons. The minimum absolute atomic E-state index is 0.102. The molecule has 0 aromatic heterocycles. The van der Waals surface area contributed by atoms with Gasteiger partial charge in [-0.2, -0.15) is 0 Å². The van der Waals surface area contributed by atoms with Crippen molar-refractivity contribution in [3.8, 4) is 0 Å². The summed E-state index contributed by atoms with van der Waals surface area (Å²) in [5.74, 6) is 1.84. The molecule has 0 aromatic rings. The molecule has 0 bridgehead atoms. The molecule has 0 saturated heterocycles. The molecule has 4 saturated carbocycles. The highest BCUT2D eigenvalue weighted by Crippen LogP contribution is 2.68. The number of hydrogen-bond acceptors (Lipinski definition) is 4. The Labute approximate surface area is 192 Å². The molecule has 6 nitrogen and oxygen atoms in total. The Morgan fingerprint density at radius 3 is 2.50 bits per heavy atom. The fourth-order valence-electron chi connectivity index (χ4n) is 8.98. The van der Waals surface area contributed by atoms with Crippen LogP contribution < -0.4 is 5.32 Å². The molecule has 1 amide bonds. The van der Waals surface area contributed by atoms with Crippen molar-refractivity contribution < 1.29 is 24.9 Å². The monoisotopic (exact) mass is 449 g/mol. The van der Waals surface area contributed by atoms with Crippen LogP contribution in [0.15, 0.2) is 0 Å². The predicted molar refractivity (Wildman–Crippen MR) is 122 cm³/mol. The molecule has 4 rings (SSSR count). The SMILES string of the molecule is CC(CCC(=O)NCC(=O)O)[C@H]1CC[C@H]2[C@@H]3CC[C@@H]4C[C@H](O)CC[C@]4(C)[C@H]3C[C@H](O)[C@]12C. The van der Waals surface area contributed by atoms with Gasteiger partial charge in [0.15, 0.2) is 0 Å². The number of aliphatic carboxylic acids is 1. The van der Waals surface area contributed by atoms with Crippen LogP contribution in [0.3, 0.4) is 0 Å². The van der Waals surface area contributed by atoms with E-state index in [0.717, 1.165) is 44.9 Å². The summed E-state index contributed by atoms with van der Waals surface area (Å²) in [6, 6.07) is 0. The number of carboxylic acids is 1. The van der Waals surface area contributed by atoms with Crippen molar-refractivity contribution in [2.75, 3.05) is 6.54 Å². The summed E-state index contributed by atoms with van der Waals surface area (Å²) in [5.41, 5.74) is 0.145. The van der Waals surface area contributed by atoms with E-state index < -0.39 is 5.97 Å². The number of aliphatic hydroxyl groups excluding tert-OH is 2. The van der Waals surface area contributed by atoms with Gasteiger partial charge in [0.2, 0.25) is 5.91 Å². The number of rotatable bonds is 6. The van der Waals surface area contributed by atoms with Gasteiger partial charge < -0.3 is 20.6 Å². The second-order valence-corrected chi connectivity index (χ2v) is 12.1. The second-order valence-electron chi connectivity index (χ2n) is 12.1. The van der Waals surface area contributed by atoms with Gasteiger partial charge >= 0.3 is 5.97 Å². The van der Waals surface area contributed by atoms with Crippen LogP contribution in [-0.4, -0.2) is 45.9 Å². The average molecular weight is 450 g/mol. The molecule has 0 heterocycles. The molecule has 0 radical (unpaired) electrons. The lowest BCUT2D eigenvalue weighted by molar-refractivity contribution is -0.175. The molecular formula is C26H43NO5. The summed E-state index contributed by atoms with van der Waals surface area (Å²) >= 11 is 0. The third kappa shape index (κ3) is 4.00. The van der Waals surface area contributed by atoms with Crippen LogP contribution in [0.5, 0.6) is 0 Å². The van der Waals surface area contributed by atoms with Crippen molar-refractivity contribution in [2.24, 2.45) is 46.3 Å². The van der Waals surface area contributed by atoms with E-state index in [4.69, 9.17) is 5.11 Å². The van der Waals surface area contributed by atoms with Gasteiger partial charge in [-0.05, 0) is 104 Å². The Kier molecular flexibility index (Phi) is 6.68. The zero-order chi connectivity index (χ0) is 23.3. The van der Waals surface area contributed by atoms with Crippen molar-refractivity contribution in [3.05, 3.63) is 0 Å². The van der Waals surface area contributed by atoms with Crippen molar-refractivity contribution in [1.29, 1.82) is 0 Å². The van der Waals surface area contributed by atoms with Crippen molar-refractivity contribution in [2.45, 2.75) is 97.2 Å². The van der Waals surface area contributed by atoms with Crippen LogP contribution in [0.1, 0.15) is 85.0 Å². The molecule has 4 fully saturated rings. The molecule has 0 spiro atoms. The van der Waals surface area contributed by atoms with E-state index in [1.807, 2.05) is 0 Å². The van der Waals surface area contributed by atoms with E-state index >= 15 is 0 Å². The molecule has 32 heavy (non-hydrogen) atoms. The predicted octanol–water partition coefficient (Wildman–Crippen LogP) is 3.59. The quantitative estimate of drug-likeness (QED) is 0.496. The van der Waals surface area contributed by atoms with Gasteiger partial charge in [0.1, 0.15) is 6.54 Å². The van der Waals surface area contributed by atoms with Gasteiger partial charge in [0, 0.05) is 6.42 Å². The first kappa shape index (κ1) is 24.0. The number of nitrogens with one attached hydrogen (secondary N) is 1. The topological polar surface area (TPSA) is 107 Å². The highest BCUT2D eigenvalue weighted by Gasteiger charge is 2.63. The standard InChI is InChI=1S/C26H43NO5/c1-15(4-9-23(30)27-14-24(31)32)19-7-8-20-18-6-5-16-12-17(28)10-11-25(16,2)21(18)13-22(29)26(19,20)3/h15-22,28-29H,4-14H2,1-3H3,(H,27,30)(H,31,32)/t15?,16-,17-,18+,19-,20+,21+,22+,25+,26-/m1/s1. The Bertz CT molecular complexity index is 727. The Balaban J connectivity index is 1.45. The average Bonchev–Trinajstić information content (AvgIpc) is 3.10. The molecule has 4 aliphatic rings. The van der Waals surface area contributed by atoms with Crippen LogP contribution in [-0.2, 0) is 9.59 Å². The van der Waals surface area contributed by atoms with E-state index in [1.54, 1.807) is 0 Å². The van der Waals surface area contributed by atoms with Crippen molar-refractivity contribution in [1.82, 2.24) is 5.32 Å². The largest absolute Gasteiger partial charge is 0.480 e. The number of amides is 1. The summed E-state index contributed by atoms with van der Waals surface area (Å²) in [4.78, 5) is 22.7. The van der Waals surface area contributed by atoms with Gasteiger partial charge in [0.25, 0.3) is 0 Å². The van der Waals surface area contributed by atoms with Crippen LogP contribution in [0.2, 0.25) is 0 Å². The maximum atomic E-state index is 12.0. The molecule has 0 aromatic carbocycles. The Morgan fingerprint density at radius 2 is 1.78 bits per heavy atom. The summed E-state index contributed by atoms with van der Waals surface area (Å²) in [6.07, 6.45) is 9.12. The van der Waals surface area contributed by atoms with Gasteiger partial charge in [-0.15, -0.1) is 0 Å². The third-order valence-electron chi connectivity index (χ3n) is 10.8. The number of fused-ring (bicyclic) bond motifs is 5. The maximum Gasteiger partial charge on any atom is 0.322 e. The van der Waals surface area contributed by atoms with E-state index in [-0.39, 0.29) is 35.5 Å². The number of carboxylic acid groups (broad SMARTS) is 1. The lowest BCUT2D eigenvalue weighted by atomic mass is 9.43. The zero-order valence-electron chi connectivity index (χ0n) is 20.1. The Hall–Kier alpha value is -1.14. The van der Waals surface area contributed by atoms with Crippen molar-refractivity contribution >= 4 is 11.9 Å². The molecular weight excluding hydrogens is 406 g/mol. The highest BCUT2D eigenvalue weighted by atomic mass is 16.4. The fraction of sp³-hybridized carbons (Fsp3) is 0.923. The minimum Gasteiger partial charge on any atom is -0.480 e. The number of hydrogen-bond donors (Lipinski definition) is 4. The fourth-order valence-corrected chi connectivity index (χ4v) is 8.98. The van der Waals surface area contributed by atoms with Gasteiger partial charge in [-0.25, -0.2) is 0 Å². The smallest absolute Gasteiger partial charge is 0.322 e. The lowest BCUT2D eigenvalue weighted by Crippen LogP contribution is -2.58. The normalized spacial score (nSPS) is 46.5. The number of carbonyl (C=O) groups excluding carboxylic acids is 1. The third-order valence-corrected chi connectivity index (χ3v) is 10.8. The van der Waals surface area contributed by atoms with Crippen LogP contribution in [0, 0.1) is 46.3 Å². The molecule has 4 N–H and O–H groups in total. The van der Waals surface area contributed by atoms with Crippen molar-refractivity contribution in [3.63, 3.8) is 0 Å². The first-order valence-electron chi connectivity index (χ1n) is 12.9. The van der Waals surface area contributed by atoms with Crippen LogP contribution >= 0.6 is 0 Å². The van der Waals surface area contributed by atoms with E-state index in [0.29, 0.717) is 41.9 Å². The maximum absolute atomic E-state index is 12.0. The lowest BCUT2D eigenvalue weighted by Gasteiger charge is -2.62. The zero-order valence-corrected chi connectivity index (χ0v) is 20.1. The minimum atomic E-state index is -1.02. The van der Waals surface area contributed by atoms with Gasteiger partial charge in [-0.1, -0.05) is 20.8 Å². The molecule has 10 atom stereocenters.